The average Bonchev–Trinajstić information content (AvgIpc) is 2.89. The van der Waals surface area contributed by atoms with E-state index in [2.05, 4.69) is 0 Å². The Morgan fingerprint density at radius 2 is 1.24 bits per heavy atom. The standard InChI is InChI=1S/C27H28O7/c28-23-22(18-33-26(29)21-14-8-3-9-15-21)34-27(30)25(32-17-20-12-6-2-7-13-20)24(23)31-16-19-10-4-1-5-11-19/h1-15,22-25,27-28,30H,16-18H2. The number of ether oxygens (including phenoxy) is 4. The molecule has 34 heavy (non-hydrogen) atoms. The van der Waals surface area contributed by atoms with Gasteiger partial charge in [-0.05, 0) is 23.3 Å². The van der Waals surface area contributed by atoms with E-state index in [1.54, 1.807) is 30.3 Å². The van der Waals surface area contributed by atoms with Crippen LogP contribution in [-0.2, 0) is 32.2 Å². The normalized spacial score (nSPS) is 24.5. The maximum atomic E-state index is 12.3. The SMILES string of the molecule is O=C(OCC1OC(O)C(OCc2ccccc2)C(OCc2ccccc2)C1O)c1ccccc1. The number of rotatable bonds is 9. The molecule has 4 rings (SSSR count). The molecule has 0 aliphatic carbocycles. The van der Waals surface area contributed by atoms with Crippen LogP contribution in [0.1, 0.15) is 21.5 Å². The van der Waals surface area contributed by atoms with Crippen molar-refractivity contribution in [3.8, 4) is 0 Å². The molecule has 1 aliphatic heterocycles. The number of carbonyl (C=O) groups excluding carboxylic acids is 1. The van der Waals surface area contributed by atoms with E-state index in [0.717, 1.165) is 11.1 Å². The first kappa shape index (κ1) is 24.1. The molecule has 0 amide bonds. The Labute approximate surface area is 198 Å². The number of benzene rings is 3. The van der Waals surface area contributed by atoms with Crippen molar-refractivity contribution in [2.24, 2.45) is 0 Å². The van der Waals surface area contributed by atoms with Gasteiger partial charge in [-0.15, -0.1) is 0 Å². The molecule has 3 aromatic carbocycles. The minimum atomic E-state index is -1.38. The maximum absolute atomic E-state index is 12.3. The fraction of sp³-hybridized carbons (Fsp3) is 0.296. The van der Waals surface area contributed by atoms with Gasteiger partial charge in [0.1, 0.15) is 31.0 Å². The fourth-order valence-electron chi connectivity index (χ4n) is 3.76. The quantitative estimate of drug-likeness (QED) is 0.470. The molecule has 7 heteroatoms. The molecule has 1 aliphatic rings. The van der Waals surface area contributed by atoms with Crippen LogP contribution < -0.4 is 0 Å². The predicted molar refractivity (Wildman–Crippen MR) is 124 cm³/mol. The molecule has 0 saturated carbocycles. The van der Waals surface area contributed by atoms with Crippen molar-refractivity contribution in [2.75, 3.05) is 6.61 Å². The highest BCUT2D eigenvalue weighted by Gasteiger charge is 2.46. The summed E-state index contributed by atoms with van der Waals surface area (Å²) >= 11 is 0. The Bertz CT molecular complexity index is 1010. The summed E-state index contributed by atoms with van der Waals surface area (Å²) in [5.41, 5.74) is 2.20. The summed E-state index contributed by atoms with van der Waals surface area (Å²) in [6.07, 6.45) is -5.42. The van der Waals surface area contributed by atoms with Crippen LogP contribution in [0, 0.1) is 0 Å². The third-order valence-corrected chi connectivity index (χ3v) is 5.60. The summed E-state index contributed by atoms with van der Waals surface area (Å²) in [4.78, 5) is 12.3. The Kier molecular flexibility index (Phi) is 8.41. The number of aliphatic hydroxyl groups is 2. The molecule has 5 atom stereocenters. The number of esters is 1. The Morgan fingerprint density at radius 3 is 1.79 bits per heavy atom. The lowest BCUT2D eigenvalue weighted by Crippen LogP contribution is -2.60. The summed E-state index contributed by atoms with van der Waals surface area (Å²) in [7, 11) is 0. The van der Waals surface area contributed by atoms with Gasteiger partial charge in [0.15, 0.2) is 6.29 Å². The third-order valence-electron chi connectivity index (χ3n) is 5.60. The lowest BCUT2D eigenvalue weighted by molar-refractivity contribution is -0.307. The third kappa shape index (κ3) is 6.28. The van der Waals surface area contributed by atoms with E-state index >= 15 is 0 Å². The first-order valence-electron chi connectivity index (χ1n) is 11.2. The van der Waals surface area contributed by atoms with Crippen molar-refractivity contribution in [3.05, 3.63) is 108 Å². The van der Waals surface area contributed by atoms with Crippen molar-refractivity contribution in [3.63, 3.8) is 0 Å². The molecule has 0 aromatic heterocycles. The topological polar surface area (TPSA) is 94.5 Å². The van der Waals surface area contributed by atoms with Crippen molar-refractivity contribution in [1.29, 1.82) is 0 Å². The lowest BCUT2D eigenvalue weighted by Gasteiger charge is -2.42. The van der Waals surface area contributed by atoms with Crippen LogP contribution in [0.4, 0.5) is 0 Å². The van der Waals surface area contributed by atoms with E-state index in [1.165, 1.54) is 0 Å². The largest absolute Gasteiger partial charge is 0.459 e. The molecule has 1 fully saturated rings. The highest BCUT2D eigenvalue weighted by molar-refractivity contribution is 5.89. The minimum absolute atomic E-state index is 0.205. The zero-order valence-corrected chi connectivity index (χ0v) is 18.6. The van der Waals surface area contributed by atoms with E-state index < -0.39 is 36.7 Å². The van der Waals surface area contributed by atoms with Gasteiger partial charge in [0.05, 0.1) is 18.8 Å². The summed E-state index contributed by atoms with van der Waals surface area (Å²) in [6, 6.07) is 27.5. The maximum Gasteiger partial charge on any atom is 0.338 e. The molecule has 0 bridgehead atoms. The molecule has 3 aromatic rings. The highest BCUT2D eigenvalue weighted by Crippen LogP contribution is 2.27. The van der Waals surface area contributed by atoms with Crippen LogP contribution in [0.15, 0.2) is 91.0 Å². The Hall–Kier alpha value is -3.07. The molecule has 5 unspecified atom stereocenters. The second-order valence-corrected chi connectivity index (χ2v) is 8.04. The number of carbonyl (C=O) groups is 1. The second kappa shape index (κ2) is 11.9. The van der Waals surface area contributed by atoms with Crippen LogP contribution in [-0.4, -0.2) is 53.5 Å². The molecular weight excluding hydrogens is 436 g/mol. The zero-order valence-electron chi connectivity index (χ0n) is 18.6. The van der Waals surface area contributed by atoms with Gasteiger partial charge in [0, 0.05) is 0 Å². The van der Waals surface area contributed by atoms with Crippen LogP contribution in [0.2, 0.25) is 0 Å². The van der Waals surface area contributed by atoms with Gasteiger partial charge in [0.25, 0.3) is 0 Å². The Morgan fingerprint density at radius 1 is 0.735 bits per heavy atom. The smallest absolute Gasteiger partial charge is 0.338 e. The second-order valence-electron chi connectivity index (χ2n) is 8.04. The zero-order chi connectivity index (χ0) is 23.8. The van der Waals surface area contributed by atoms with Gasteiger partial charge in [-0.1, -0.05) is 78.9 Å². The summed E-state index contributed by atoms with van der Waals surface area (Å²) < 4.78 is 22.9. The molecule has 1 heterocycles. The molecule has 1 saturated heterocycles. The van der Waals surface area contributed by atoms with Gasteiger partial charge in [0.2, 0.25) is 0 Å². The lowest BCUT2D eigenvalue weighted by atomic mass is 9.98. The van der Waals surface area contributed by atoms with E-state index in [9.17, 15) is 15.0 Å². The van der Waals surface area contributed by atoms with Gasteiger partial charge < -0.3 is 29.2 Å². The molecule has 0 radical (unpaired) electrons. The van der Waals surface area contributed by atoms with Crippen molar-refractivity contribution >= 4 is 5.97 Å². The number of aliphatic hydroxyl groups excluding tert-OH is 2. The van der Waals surface area contributed by atoms with Crippen LogP contribution in [0.25, 0.3) is 0 Å². The van der Waals surface area contributed by atoms with Crippen LogP contribution in [0.5, 0.6) is 0 Å². The molecule has 2 N–H and O–H groups in total. The fourth-order valence-corrected chi connectivity index (χ4v) is 3.76. The van der Waals surface area contributed by atoms with E-state index in [0.29, 0.717) is 5.56 Å². The molecule has 0 spiro atoms. The monoisotopic (exact) mass is 464 g/mol. The van der Waals surface area contributed by atoms with E-state index in [1.807, 2.05) is 60.7 Å². The van der Waals surface area contributed by atoms with Crippen LogP contribution in [0.3, 0.4) is 0 Å². The van der Waals surface area contributed by atoms with Gasteiger partial charge in [-0.25, -0.2) is 4.79 Å². The van der Waals surface area contributed by atoms with Crippen LogP contribution >= 0.6 is 0 Å². The first-order valence-corrected chi connectivity index (χ1v) is 11.2. The molecular formula is C27H28O7. The van der Waals surface area contributed by atoms with Gasteiger partial charge >= 0.3 is 5.97 Å². The summed E-state index contributed by atoms with van der Waals surface area (Å²) in [6.45, 7) is 0.164. The van der Waals surface area contributed by atoms with E-state index in [-0.39, 0.29) is 19.8 Å². The van der Waals surface area contributed by atoms with Crippen molar-refractivity contribution < 1.29 is 34.0 Å². The number of hydrogen-bond acceptors (Lipinski definition) is 7. The average molecular weight is 465 g/mol. The number of hydrogen-bond donors (Lipinski definition) is 2. The first-order chi connectivity index (χ1) is 16.6. The molecule has 7 nitrogen and oxygen atoms in total. The van der Waals surface area contributed by atoms with Crippen molar-refractivity contribution in [2.45, 2.75) is 43.9 Å². The summed E-state index contributed by atoms with van der Waals surface area (Å²) in [5, 5.41) is 21.7. The van der Waals surface area contributed by atoms with Gasteiger partial charge in [-0.3, -0.25) is 0 Å². The highest BCUT2D eigenvalue weighted by atomic mass is 16.7. The molecule has 178 valence electrons. The predicted octanol–water partition coefficient (Wildman–Crippen LogP) is 3.09. The van der Waals surface area contributed by atoms with Crippen molar-refractivity contribution in [1.82, 2.24) is 0 Å². The van der Waals surface area contributed by atoms with E-state index in [4.69, 9.17) is 18.9 Å². The minimum Gasteiger partial charge on any atom is -0.459 e. The Balaban J connectivity index is 1.44. The summed E-state index contributed by atoms with van der Waals surface area (Å²) in [5.74, 6) is -0.546. The van der Waals surface area contributed by atoms with Gasteiger partial charge in [-0.2, -0.15) is 0 Å².